The highest BCUT2D eigenvalue weighted by atomic mass is 16.5. The number of ether oxygens (including phenoxy) is 1. The van der Waals surface area contributed by atoms with Crippen LogP contribution < -0.4 is 0 Å². The number of hydrogen-bond donors (Lipinski definition) is 0. The van der Waals surface area contributed by atoms with E-state index in [4.69, 9.17) is 4.74 Å². The van der Waals surface area contributed by atoms with Crippen LogP contribution in [-0.4, -0.2) is 12.6 Å². The lowest BCUT2D eigenvalue weighted by atomic mass is 10.2. The Morgan fingerprint density at radius 1 is 1.55 bits per heavy atom. The van der Waals surface area contributed by atoms with Crippen LogP contribution in [0.15, 0.2) is 0 Å². The molecule has 2 heteroatoms. The van der Waals surface area contributed by atoms with Gasteiger partial charge < -0.3 is 4.74 Å². The maximum absolute atomic E-state index is 11.0. The topological polar surface area (TPSA) is 26.3 Å². The summed E-state index contributed by atoms with van der Waals surface area (Å²) in [6, 6.07) is 0. The number of rotatable bonds is 4. The van der Waals surface area contributed by atoms with Gasteiger partial charge in [-0.25, -0.2) is 0 Å². The van der Waals surface area contributed by atoms with Gasteiger partial charge in [-0.3, -0.25) is 4.79 Å². The van der Waals surface area contributed by atoms with Crippen LogP contribution in [0.5, 0.6) is 0 Å². The molecule has 1 aliphatic carbocycles. The number of carbonyl (C=O) groups excluding carboxylic acids is 1. The molecule has 0 saturated heterocycles. The maximum Gasteiger partial charge on any atom is 0.306 e. The Labute approximate surface area is 67.9 Å². The van der Waals surface area contributed by atoms with E-state index in [0.717, 1.165) is 0 Å². The normalized spacial score (nSPS) is 17.0. The molecule has 2 nitrogen and oxygen atoms in total. The van der Waals surface area contributed by atoms with Gasteiger partial charge in [-0.2, -0.15) is 0 Å². The van der Waals surface area contributed by atoms with Crippen molar-refractivity contribution in [3.8, 4) is 0 Å². The maximum atomic E-state index is 11.0. The van der Waals surface area contributed by atoms with Crippen molar-refractivity contribution in [2.45, 2.75) is 33.1 Å². The molecule has 1 rings (SSSR count). The largest absolute Gasteiger partial charge is 0.465 e. The van der Waals surface area contributed by atoms with Gasteiger partial charge in [-0.15, -0.1) is 0 Å². The SMILES string of the molecule is CC(C)COC(=O)CC1CC1. The van der Waals surface area contributed by atoms with E-state index >= 15 is 0 Å². The molecule has 1 saturated carbocycles. The summed E-state index contributed by atoms with van der Waals surface area (Å²) in [6.45, 7) is 4.67. The van der Waals surface area contributed by atoms with E-state index in [9.17, 15) is 4.79 Å². The minimum absolute atomic E-state index is 0.0128. The first kappa shape index (κ1) is 8.57. The minimum Gasteiger partial charge on any atom is -0.465 e. The van der Waals surface area contributed by atoms with Crippen molar-refractivity contribution in [1.82, 2.24) is 0 Å². The van der Waals surface area contributed by atoms with Gasteiger partial charge in [0.05, 0.1) is 6.61 Å². The molecule has 0 bridgehead atoms. The highest BCUT2D eigenvalue weighted by molar-refractivity contribution is 5.70. The molecule has 0 aromatic carbocycles. The average molecular weight is 156 g/mol. The fraction of sp³-hybridized carbons (Fsp3) is 0.889. The van der Waals surface area contributed by atoms with E-state index in [1.807, 2.05) is 13.8 Å². The predicted octanol–water partition coefficient (Wildman–Crippen LogP) is 1.99. The molecular formula is C9H16O2. The van der Waals surface area contributed by atoms with Crippen LogP contribution in [0, 0.1) is 11.8 Å². The van der Waals surface area contributed by atoms with Crippen molar-refractivity contribution in [3.63, 3.8) is 0 Å². The van der Waals surface area contributed by atoms with Gasteiger partial charge in [0.15, 0.2) is 0 Å². The summed E-state index contributed by atoms with van der Waals surface area (Å²) in [5.74, 6) is 1.09. The van der Waals surface area contributed by atoms with Gasteiger partial charge in [0, 0.05) is 6.42 Å². The lowest BCUT2D eigenvalue weighted by molar-refractivity contribution is -0.145. The average Bonchev–Trinajstić information content (AvgIpc) is 2.67. The number of carbonyl (C=O) groups is 1. The lowest BCUT2D eigenvalue weighted by Crippen LogP contribution is -2.10. The third-order valence-corrected chi connectivity index (χ3v) is 1.73. The molecule has 0 atom stereocenters. The van der Waals surface area contributed by atoms with E-state index in [1.54, 1.807) is 0 Å². The third-order valence-electron chi connectivity index (χ3n) is 1.73. The smallest absolute Gasteiger partial charge is 0.306 e. The van der Waals surface area contributed by atoms with Crippen molar-refractivity contribution in [2.75, 3.05) is 6.61 Å². The zero-order valence-corrected chi connectivity index (χ0v) is 7.30. The summed E-state index contributed by atoms with van der Waals surface area (Å²) in [7, 11) is 0. The quantitative estimate of drug-likeness (QED) is 0.582. The Hall–Kier alpha value is -0.530. The molecule has 0 aromatic rings. The van der Waals surface area contributed by atoms with Crippen molar-refractivity contribution in [2.24, 2.45) is 11.8 Å². The molecule has 11 heavy (non-hydrogen) atoms. The second-order valence-corrected chi connectivity index (χ2v) is 3.72. The Bertz CT molecular complexity index is 136. The molecule has 0 unspecified atom stereocenters. The second-order valence-electron chi connectivity index (χ2n) is 3.72. The van der Waals surface area contributed by atoms with Gasteiger partial charge in [0.1, 0.15) is 0 Å². The molecule has 1 fully saturated rings. The molecule has 0 spiro atoms. The molecular weight excluding hydrogens is 140 g/mol. The fourth-order valence-electron chi connectivity index (χ4n) is 0.876. The summed E-state index contributed by atoms with van der Waals surface area (Å²) in [4.78, 5) is 11.0. The van der Waals surface area contributed by atoms with Crippen LogP contribution in [-0.2, 0) is 9.53 Å². The van der Waals surface area contributed by atoms with Crippen molar-refractivity contribution >= 4 is 5.97 Å². The molecule has 0 aromatic heterocycles. The van der Waals surface area contributed by atoms with Gasteiger partial charge >= 0.3 is 5.97 Å². The molecule has 1 aliphatic rings. The Morgan fingerprint density at radius 3 is 2.64 bits per heavy atom. The van der Waals surface area contributed by atoms with Crippen molar-refractivity contribution in [3.05, 3.63) is 0 Å². The number of hydrogen-bond acceptors (Lipinski definition) is 2. The zero-order chi connectivity index (χ0) is 8.27. The zero-order valence-electron chi connectivity index (χ0n) is 7.30. The lowest BCUT2D eigenvalue weighted by Gasteiger charge is -2.05. The van der Waals surface area contributed by atoms with Gasteiger partial charge in [-0.1, -0.05) is 13.8 Å². The van der Waals surface area contributed by atoms with Crippen LogP contribution in [0.1, 0.15) is 33.1 Å². The Morgan fingerprint density at radius 2 is 2.18 bits per heavy atom. The summed E-state index contributed by atoms with van der Waals surface area (Å²) in [5, 5.41) is 0. The highest BCUT2D eigenvalue weighted by Crippen LogP contribution is 2.32. The van der Waals surface area contributed by atoms with E-state index in [-0.39, 0.29) is 5.97 Å². The second kappa shape index (κ2) is 3.74. The van der Waals surface area contributed by atoms with Gasteiger partial charge in [0.25, 0.3) is 0 Å². The van der Waals surface area contributed by atoms with Crippen LogP contribution >= 0.6 is 0 Å². The monoisotopic (exact) mass is 156 g/mol. The van der Waals surface area contributed by atoms with Crippen LogP contribution in [0.25, 0.3) is 0 Å². The molecule has 0 heterocycles. The molecule has 0 aliphatic heterocycles. The van der Waals surface area contributed by atoms with E-state index in [2.05, 4.69) is 0 Å². The van der Waals surface area contributed by atoms with Crippen LogP contribution in [0.4, 0.5) is 0 Å². The fourth-order valence-corrected chi connectivity index (χ4v) is 0.876. The molecule has 0 amide bonds. The van der Waals surface area contributed by atoms with E-state index in [0.29, 0.717) is 24.9 Å². The summed E-state index contributed by atoms with van der Waals surface area (Å²) in [5.41, 5.74) is 0. The summed E-state index contributed by atoms with van der Waals surface area (Å²) in [6.07, 6.45) is 3.08. The van der Waals surface area contributed by atoms with Gasteiger partial charge in [-0.05, 0) is 24.7 Å². The van der Waals surface area contributed by atoms with Crippen LogP contribution in [0.2, 0.25) is 0 Å². The third kappa shape index (κ3) is 4.02. The number of esters is 1. The van der Waals surface area contributed by atoms with E-state index in [1.165, 1.54) is 12.8 Å². The highest BCUT2D eigenvalue weighted by Gasteiger charge is 2.25. The molecule has 0 radical (unpaired) electrons. The van der Waals surface area contributed by atoms with Crippen LogP contribution in [0.3, 0.4) is 0 Å². The standard InChI is InChI=1S/C9H16O2/c1-7(2)6-11-9(10)5-8-3-4-8/h7-8H,3-6H2,1-2H3. The minimum atomic E-state index is -0.0128. The first-order chi connectivity index (χ1) is 5.18. The Kier molecular flexibility index (Phi) is 2.92. The van der Waals surface area contributed by atoms with Crippen molar-refractivity contribution in [1.29, 1.82) is 0 Å². The molecule has 64 valence electrons. The summed E-state index contributed by atoms with van der Waals surface area (Å²) < 4.78 is 5.02. The van der Waals surface area contributed by atoms with E-state index < -0.39 is 0 Å². The first-order valence-electron chi connectivity index (χ1n) is 4.34. The van der Waals surface area contributed by atoms with Crippen molar-refractivity contribution < 1.29 is 9.53 Å². The molecule has 0 N–H and O–H groups in total. The Balaban J connectivity index is 2.00. The first-order valence-corrected chi connectivity index (χ1v) is 4.34. The predicted molar refractivity (Wildman–Crippen MR) is 43.1 cm³/mol. The van der Waals surface area contributed by atoms with Gasteiger partial charge in [0.2, 0.25) is 0 Å². The summed E-state index contributed by atoms with van der Waals surface area (Å²) >= 11 is 0.